The summed E-state index contributed by atoms with van der Waals surface area (Å²) in [5.41, 5.74) is 3.46. The van der Waals surface area contributed by atoms with Gasteiger partial charge in [0.05, 0.1) is 12.2 Å². The zero-order chi connectivity index (χ0) is 13.2. The first kappa shape index (κ1) is 14.5. The minimum atomic E-state index is -0.157. The molecule has 0 spiro atoms. The van der Waals surface area contributed by atoms with Gasteiger partial charge in [-0.2, -0.15) is 10.2 Å². The zero-order valence-electron chi connectivity index (χ0n) is 11.1. The van der Waals surface area contributed by atoms with Crippen LogP contribution >= 0.6 is 12.4 Å². The molecule has 3 rings (SSSR count). The number of nitrogens with one attached hydrogen (secondary N) is 4. The summed E-state index contributed by atoms with van der Waals surface area (Å²) in [6, 6.07) is -0.102. The van der Waals surface area contributed by atoms with E-state index in [-0.39, 0.29) is 24.4 Å². The first-order valence-electron chi connectivity index (χ1n) is 6.32. The second-order valence-electron chi connectivity index (χ2n) is 4.68. The number of hydrogen-bond donors (Lipinski definition) is 4. The molecule has 3 heterocycles. The van der Waals surface area contributed by atoms with Gasteiger partial charge in [0.1, 0.15) is 0 Å². The van der Waals surface area contributed by atoms with Crippen molar-refractivity contribution in [2.75, 3.05) is 6.54 Å². The summed E-state index contributed by atoms with van der Waals surface area (Å²) in [6.07, 6.45) is 4.35. The van der Waals surface area contributed by atoms with Crippen molar-refractivity contribution in [2.45, 2.75) is 25.9 Å². The van der Waals surface area contributed by atoms with E-state index in [1.807, 2.05) is 6.92 Å². The molecule has 1 aliphatic heterocycles. The van der Waals surface area contributed by atoms with E-state index in [0.29, 0.717) is 12.2 Å². The van der Waals surface area contributed by atoms with Gasteiger partial charge in [-0.1, -0.05) is 0 Å². The van der Waals surface area contributed by atoms with Crippen molar-refractivity contribution in [3.05, 3.63) is 34.9 Å². The fraction of sp³-hybridized carbons (Fsp3) is 0.417. The smallest absolute Gasteiger partial charge is 0.272 e. The molecule has 0 bridgehead atoms. The Bertz CT molecular complexity index is 579. The number of halogens is 1. The van der Waals surface area contributed by atoms with E-state index in [1.165, 1.54) is 0 Å². The van der Waals surface area contributed by atoms with Gasteiger partial charge in [-0.05, 0) is 6.92 Å². The third-order valence-corrected chi connectivity index (χ3v) is 3.39. The number of amides is 1. The highest BCUT2D eigenvalue weighted by atomic mass is 35.5. The molecule has 1 aliphatic rings. The number of carbonyl (C=O) groups is 1. The summed E-state index contributed by atoms with van der Waals surface area (Å²) in [7, 11) is 0. The van der Waals surface area contributed by atoms with Gasteiger partial charge >= 0.3 is 0 Å². The monoisotopic (exact) mass is 296 g/mol. The molecule has 2 aromatic heterocycles. The van der Waals surface area contributed by atoms with Gasteiger partial charge < -0.3 is 10.6 Å². The summed E-state index contributed by atoms with van der Waals surface area (Å²) in [5, 5.41) is 19.9. The highest BCUT2D eigenvalue weighted by Crippen LogP contribution is 2.17. The van der Waals surface area contributed by atoms with Gasteiger partial charge in [-0.25, -0.2) is 0 Å². The molecule has 0 fully saturated rings. The lowest BCUT2D eigenvalue weighted by atomic mass is 10.1. The highest BCUT2D eigenvalue weighted by molar-refractivity contribution is 5.94. The predicted molar refractivity (Wildman–Crippen MR) is 75.7 cm³/mol. The summed E-state index contributed by atoms with van der Waals surface area (Å²) < 4.78 is 0. The third kappa shape index (κ3) is 2.68. The Hall–Kier alpha value is -1.86. The molecule has 4 N–H and O–H groups in total. The number of nitrogens with zero attached hydrogens (tertiary/aromatic N) is 2. The van der Waals surface area contributed by atoms with Crippen molar-refractivity contribution in [1.29, 1.82) is 0 Å². The summed E-state index contributed by atoms with van der Waals surface area (Å²) >= 11 is 0. The average molecular weight is 297 g/mol. The van der Waals surface area contributed by atoms with Crippen LogP contribution < -0.4 is 10.6 Å². The maximum atomic E-state index is 12.2. The molecule has 1 amide bonds. The number of aromatic nitrogens is 4. The first-order valence-corrected chi connectivity index (χ1v) is 6.32. The normalized spacial score (nSPS) is 15.1. The quantitative estimate of drug-likeness (QED) is 0.670. The first-order chi connectivity index (χ1) is 9.25. The highest BCUT2D eigenvalue weighted by Gasteiger charge is 2.22. The van der Waals surface area contributed by atoms with Gasteiger partial charge in [-0.15, -0.1) is 12.4 Å². The number of hydrogen-bond acceptors (Lipinski definition) is 4. The van der Waals surface area contributed by atoms with Gasteiger partial charge in [0.15, 0.2) is 5.69 Å². The SMILES string of the molecule is CC(NC(=O)c1n[nH]c2c1CNCC2)c1cn[nH]c1.Cl. The van der Waals surface area contributed by atoms with E-state index in [0.717, 1.165) is 29.8 Å². The number of rotatable bonds is 3. The summed E-state index contributed by atoms with van der Waals surface area (Å²) in [5.74, 6) is -0.157. The fourth-order valence-electron chi connectivity index (χ4n) is 2.26. The Morgan fingerprint density at radius 1 is 1.50 bits per heavy atom. The lowest BCUT2D eigenvalue weighted by molar-refractivity contribution is 0.0933. The number of H-pyrrole nitrogens is 2. The van der Waals surface area contributed by atoms with Gasteiger partial charge in [0.2, 0.25) is 0 Å². The van der Waals surface area contributed by atoms with Gasteiger partial charge in [0, 0.05) is 42.5 Å². The largest absolute Gasteiger partial charge is 0.344 e. The standard InChI is InChI=1S/C12H16N6O.ClH/c1-7(8-4-14-15-5-8)16-12(19)11-9-6-13-3-2-10(9)17-18-11;/h4-5,7,13H,2-3,6H2,1H3,(H,14,15)(H,16,19)(H,17,18);1H. The van der Waals surface area contributed by atoms with Crippen LogP contribution in [0.25, 0.3) is 0 Å². The second kappa shape index (κ2) is 6.06. The molecule has 1 unspecified atom stereocenters. The molecular formula is C12H17ClN6O. The van der Waals surface area contributed by atoms with Crippen LogP contribution in [-0.4, -0.2) is 32.8 Å². The van der Waals surface area contributed by atoms with Crippen molar-refractivity contribution in [1.82, 2.24) is 31.0 Å². The van der Waals surface area contributed by atoms with Gasteiger partial charge in [0.25, 0.3) is 5.91 Å². The maximum Gasteiger partial charge on any atom is 0.272 e. The van der Waals surface area contributed by atoms with Crippen LogP contribution in [0.3, 0.4) is 0 Å². The van der Waals surface area contributed by atoms with Crippen molar-refractivity contribution in [2.24, 2.45) is 0 Å². The van der Waals surface area contributed by atoms with E-state index < -0.39 is 0 Å². The lowest BCUT2D eigenvalue weighted by Crippen LogP contribution is -2.30. The van der Waals surface area contributed by atoms with Crippen molar-refractivity contribution < 1.29 is 4.79 Å². The molecule has 0 radical (unpaired) electrons. The van der Waals surface area contributed by atoms with E-state index in [1.54, 1.807) is 12.4 Å². The van der Waals surface area contributed by atoms with Crippen molar-refractivity contribution in [3.63, 3.8) is 0 Å². The molecule has 0 saturated carbocycles. The number of aromatic amines is 2. The zero-order valence-corrected chi connectivity index (χ0v) is 11.9. The Labute approximate surface area is 122 Å². The van der Waals surface area contributed by atoms with Crippen molar-refractivity contribution >= 4 is 18.3 Å². The number of fused-ring (bicyclic) bond motifs is 1. The van der Waals surface area contributed by atoms with Crippen LogP contribution in [0.15, 0.2) is 12.4 Å². The molecule has 7 nitrogen and oxygen atoms in total. The molecule has 0 saturated heterocycles. The molecule has 20 heavy (non-hydrogen) atoms. The minimum Gasteiger partial charge on any atom is -0.344 e. The third-order valence-electron chi connectivity index (χ3n) is 3.39. The van der Waals surface area contributed by atoms with Crippen molar-refractivity contribution in [3.8, 4) is 0 Å². The summed E-state index contributed by atoms with van der Waals surface area (Å²) in [6.45, 7) is 3.52. The van der Waals surface area contributed by atoms with E-state index >= 15 is 0 Å². The van der Waals surface area contributed by atoms with Crippen LogP contribution in [0, 0.1) is 0 Å². The van der Waals surface area contributed by atoms with E-state index in [4.69, 9.17) is 0 Å². The van der Waals surface area contributed by atoms with E-state index in [2.05, 4.69) is 31.0 Å². The van der Waals surface area contributed by atoms with Crippen LogP contribution in [0.4, 0.5) is 0 Å². The van der Waals surface area contributed by atoms with Crippen LogP contribution in [0.1, 0.15) is 40.3 Å². The topological polar surface area (TPSA) is 98.5 Å². The second-order valence-corrected chi connectivity index (χ2v) is 4.68. The maximum absolute atomic E-state index is 12.2. The molecule has 1 atom stereocenters. The Morgan fingerprint density at radius 2 is 2.35 bits per heavy atom. The number of carbonyl (C=O) groups excluding carboxylic acids is 1. The Kier molecular flexibility index (Phi) is 4.41. The average Bonchev–Trinajstić information content (AvgIpc) is 3.08. The minimum absolute atomic E-state index is 0. The molecule has 0 aromatic carbocycles. The molecule has 108 valence electrons. The molecule has 0 aliphatic carbocycles. The van der Waals surface area contributed by atoms with Crippen LogP contribution in [0.2, 0.25) is 0 Å². The predicted octanol–water partition coefficient (Wildman–Crippen LogP) is 0.691. The van der Waals surface area contributed by atoms with E-state index in [9.17, 15) is 4.79 Å². The molecule has 2 aromatic rings. The molecular weight excluding hydrogens is 280 g/mol. The Morgan fingerprint density at radius 3 is 3.10 bits per heavy atom. The van der Waals surface area contributed by atoms with Crippen LogP contribution in [0.5, 0.6) is 0 Å². The summed E-state index contributed by atoms with van der Waals surface area (Å²) in [4.78, 5) is 12.2. The van der Waals surface area contributed by atoms with Crippen LogP contribution in [-0.2, 0) is 13.0 Å². The van der Waals surface area contributed by atoms with Gasteiger partial charge in [-0.3, -0.25) is 15.0 Å². The molecule has 8 heteroatoms. The fourth-order valence-corrected chi connectivity index (χ4v) is 2.26. The Balaban J connectivity index is 0.00000147. The lowest BCUT2D eigenvalue weighted by Gasteiger charge is -2.14.